The standard InChI is InChI=1S/C11H12F3NO4S2/c12-11(13,14)9-3-1-2-4-10(9)21(18,19)15-8-5-6-20(16,17)7-8/h1-4,8,15H,5-7H2. The average Bonchev–Trinajstić information content (AvgIpc) is 2.67. The van der Waals surface area contributed by atoms with E-state index in [1.807, 2.05) is 4.72 Å². The highest BCUT2D eigenvalue weighted by Crippen LogP contribution is 2.34. The lowest BCUT2D eigenvalue weighted by atomic mass is 10.2. The molecule has 0 saturated carbocycles. The van der Waals surface area contributed by atoms with Gasteiger partial charge in [-0.25, -0.2) is 21.6 Å². The second-order valence-electron chi connectivity index (χ2n) is 4.72. The van der Waals surface area contributed by atoms with Gasteiger partial charge in [0.25, 0.3) is 0 Å². The number of hydrogen-bond acceptors (Lipinski definition) is 4. The van der Waals surface area contributed by atoms with Gasteiger partial charge in [-0.05, 0) is 18.6 Å². The summed E-state index contributed by atoms with van der Waals surface area (Å²) >= 11 is 0. The lowest BCUT2D eigenvalue weighted by Crippen LogP contribution is -2.36. The fraction of sp³-hybridized carbons (Fsp3) is 0.455. The minimum atomic E-state index is -4.81. The highest BCUT2D eigenvalue weighted by atomic mass is 32.2. The molecule has 2 rings (SSSR count). The molecule has 1 unspecified atom stereocenters. The van der Waals surface area contributed by atoms with Crippen molar-refractivity contribution >= 4 is 19.9 Å². The predicted octanol–water partition coefficient (Wildman–Crippen LogP) is 1.17. The number of nitrogens with one attached hydrogen (secondary N) is 1. The Kier molecular flexibility index (Phi) is 4.06. The summed E-state index contributed by atoms with van der Waals surface area (Å²) in [6.45, 7) is 0. The molecular formula is C11H12F3NO4S2. The molecular weight excluding hydrogens is 331 g/mol. The summed E-state index contributed by atoms with van der Waals surface area (Å²) in [7, 11) is -7.78. The van der Waals surface area contributed by atoms with E-state index in [0.29, 0.717) is 6.07 Å². The molecule has 1 aliphatic rings. The second-order valence-corrected chi connectivity index (χ2v) is 8.63. The summed E-state index contributed by atoms with van der Waals surface area (Å²) in [4.78, 5) is -0.901. The SMILES string of the molecule is O=S1(=O)CCC(NS(=O)(=O)c2ccccc2C(F)(F)F)C1. The molecule has 1 fully saturated rings. The van der Waals surface area contributed by atoms with Crippen molar-refractivity contribution in [1.82, 2.24) is 4.72 Å². The summed E-state index contributed by atoms with van der Waals surface area (Å²) in [5.41, 5.74) is -1.28. The molecule has 1 aromatic carbocycles. The van der Waals surface area contributed by atoms with Crippen molar-refractivity contribution in [2.45, 2.75) is 23.5 Å². The number of halogens is 3. The van der Waals surface area contributed by atoms with Gasteiger partial charge < -0.3 is 0 Å². The average molecular weight is 343 g/mol. The van der Waals surface area contributed by atoms with Gasteiger partial charge in [-0.15, -0.1) is 0 Å². The third-order valence-electron chi connectivity index (χ3n) is 3.04. The van der Waals surface area contributed by atoms with Crippen molar-refractivity contribution in [3.63, 3.8) is 0 Å². The number of sulfone groups is 1. The van der Waals surface area contributed by atoms with Crippen LogP contribution in [0.3, 0.4) is 0 Å². The van der Waals surface area contributed by atoms with Crippen molar-refractivity contribution in [2.24, 2.45) is 0 Å². The summed E-state index contributed by atoms with van der Waals surface area (Å²) in [5, 5.41) is 0. The van der Waals surface area contributed by atoms with E-state index in [-0.39, 0.29) is 12.2 Å². The van der Waals surface area contributed by atoms with Crippen LogP contribution in [0.1, 0.15) is 12.0 Å². The first-order valence-electron chi connectivity index (χ1n) is 5.90. The molecule has 21 heavy (non-hydrogen) atoms. The first kappa shape index (κ1) is 16.2. The van der Waals surface area contributed by atoms with Crippen molar-refractivity contribution in [2.75, 3.05) is 11.5 Å². The number of benzene rings is 1. The minimum absolute atomic E-state index is 0.0513. The van der Waals surface area contributed by atoms with Crippen LogP contribution in [0.2, 0.25) is 0 Å². The van der Waals surface area contributed by atoms with Gasteiger partial charge in [0, 0.05) is 6.04 Å². The molecule has 1 N–H and O–H groups in total. The summed E-state index contributed by atoms with van der Waals surface area (Å²) in [6.07, 6.45) is -4.76. The van der Waals surface area contributed by atoms with Gasteiger partial charge in [-0.3, -0.25) is 0 Å². The molecule has 0 aromatic heterocycles. The molecule has 1 atom stereocenters. The first-order valence-corrected chi connectivity index (χ1v) is 9.21. The number of sulfonamides is 1. The predicted molar refractivity (Wildman–Crippen MR) is 68.8 cm³/mol. The minimum Gasteiger partial charge on any atom is -0.229 e. The molecule has 0 amide bonds. The molecule has 0 radical (unpaired) electrons. The summed E-state index contributed by atoms with van der Waals surface area (Å²) < 4.78 is 87.2. The smallest absolute Gasteiger partial charge is 0.229 e. The van der Waals surface area contributed by atoms with Gasteiger partial charge >= 0.3 is 6.18 Å². The molecule has 1 saturated heterocycles. The van der Waals surface area contributed by atoms with Crippen LogP contribution in [0, 0.1) is 0 Å². The second kappa shape index (κ2) is 5.25. The topological polar surface area (TPSA) is 80.3 Å². The summed E-state index contributed by atoms with van der Waals surface area (Å²) in [6, 6.07) is 2.87. The normalized spacial score (nSPS) is 22.3. The zero-order valence-corrected chi connectivity index (χ0v) is 12.2. The molecule has 0 spiro atoms. The molecule has 1 heterocycles. The largest absolute Gasteiger partial charge is 0.417 e. The maximum Gasteiger partial charge on any atom is 0.417 e. The van der Waals surface area contributed by atoms with Gasteiger partial charge in [0.1, 0.15) is 0 Å². The van der Waals surface area contributed by atoms with E-state index in [0.717, 1.165) is 12.1 Å². The van der Waals surface area contributed by atoms with E-state index in [1.165, 1.54) is 6.07 Å². The van der Waals surface area contributed by atoms with Crippen molar-refractivity contribution < 1.29 is 30.0 Å². The number of hydrogen-bond donors (Lipinski definition) is 1. The molecule has 0 bridgehead atoms. The molecule has 1 aliphatic heterocycles. The van der Waals surface area contributed by atoms with Crippen LogP contribution in [0.5, 0.6) is 0 Å². The maximum atomic E-state index is 12.8. The molecule has 0 aliphatic carbocycles. The Hall–Kier alpha value is -1.13. The molecule has 1 aromatic rings. The van der Waals surface area contributed by atoms with E-state index >= 15 is 0 Å². The Morgan fingerprint density at radius 2 is 1.81 bits per heavy atom. The fourth-order valence-corrected chi connectivity index (χ4v) is 5.38. The highest BCUT2D eigenvalue weighted by Gasteiger charge is 2.38. The Labute approximate surface area is 120 Å². The lowest BCUT2D eigenvalue weighted by molar-refractivity contribution is -0.139. The number of alkyl halides is 3. The van der Waals surface area contributed by atoms with E-state index in [4.69, 9.17) is 0 Å². The van der Waals surface area contributed by atoms with E-state index in [2.05, 4.69) is 0 Å². The molecule has 118 valence electrons. The van der Waals surface area contributed by atoms with Crippen LogP contribution in [0.25, 0.3) is 0 Å². The quantitative estimate of drug-likeness (QED) is 0.893. The van der Waals surface area contributed by atoms with Gasteiger partial charge in [-0.1, -0.05) is 12.1 Å². The van der Waals surface area contributed by atoms with Crippen LogP contribution in [0.15, 0.2) is 29.2 Å². The fourth-order valence-electron chi connectivity index (χ4n) is 2.11. The third-order valence-corrected chi connectivity index (χ3v) is 6.38. The summed E-state index contributed by atoms with van der Waals surface area (Å²) in [5.74, 6) is -0.582. The zero-order chi connectivity index (χ0) is 15.9. The van der Waals surface area contributed by atoms with Gasteiger partial charge in [0.15, 0.2) is 9.84 Å². The van der Waals surface area contributed by atoms with E-state index in [9.17, 15) is 30.0 Å². The Balaban J connectivity index is 2.33. The van der Waals surface area contributed by atoms with Crippen LogP contribution in [-0.2, 0) is 26.0 Å². The van der Waals surface area contributed by atoms with Gasteiger partial charge in [0.05, 0.1) is 22.0 Å². The molecule has 10 heteroatoms. The zero-order valence-electron chi connectivity index (χ0n) is 10.6. The van der Waals surface area contributed by atoms with E-state index < -0.39 is 48.3 Å². The van der Waals surface area contributed by atoms with Crippen LogP contribution < -0.4 is 4.72 Å². The lowest BCUT2D eigenvalue weighted by Gasteiger charge is -2.16. The van der Waals surface area contributed by atoms with E-state index in [1.54, 1.807) is 0 Å². The van der Waals surface area contributed by atoms with Crippen LogP contribution in [-0.4, -0.2) is 34.4 Å². The Bertz CT molecular complexity index is 741. The number of rotatable bonds is 3. The van der Waals surface area contributed by atoms with Crippen molar-refractivity contribution in [3.05, 3.63) is 29.8 Å². The van der Waals surface area contributed by atoms with Crippen LogP contribution >= 0.6 is 0 Å². The first-order chi connectivity index (χ1) is 9.51. The maximum absolute atomic E-state index is 12.8. The van der Waals surface area contributed by atoms with Crippen LogP contribution in [0.4, 0.5) is 13.2 Å². The highest BCUT2D eigenvalue weighted by molar-refractivity contribution is 7.92. The third kappa shape index (κ3) is 3.74. The molecule has 5 nitrogen and oxygen atoms in total. The van der Waals surface area contributed by atoms with Crippen molar-refractivity contribution in [1.29, 1.82) is 0 Å². The van der Waals surface area contributed by atoms with Crippen molar-refractivity contribution in [3.8, 4) is 0 Å². The van der Waals surface area contributed by atoms with Gasteiger partial charge in [0.2, 0.25) is 10.0 Å². The Morgan fingerprint density at radius 3 is 2.33 bits per heavy atom. The Morgan fingerprint density at radius 1 is 1.19 bits per heavy atom. The monoisotopic (exact) mass is 343 g/mol. The van der Waals surface area contributed by atoms with Gasteiger partial charge in [-0.2, -0.15) is 13.2 Å².